The summed E-state index contributed by atoms with van der Waals surface area (Å²) in [5, 5.41) is 8.80. The molecule has 0 amide bonds. The molecule has 3 atom stereocenters. The van der Waals surface area contributed by atoms with Gasteiger partial charge in [-0.1, -0.05) is 12.1 Å². The highest BCUT2D eigenvalue weighted by molar-refractivity contribution is 7.86. The lowest BCUT2D eigenvalue weighted by Crippen LogP contribution is -2.24. The van der Waals surface area contributed by atoms with Crippen molar-refractivity contribution >= 4 is 16.1 Å². The summed E-state index contributed by atoms with van der Waals surface area (Å²) in [6, 6.07) is 9.54. The highest BCUT2D eigenvalue weighted by atomic mass is 32.2. The Morgan fingerprint density at radius 1 is 1.18 bits per heavy atom. The SMILES string of the molecule is O=C(O)COc1cccc2c1OC1CCC(OS(=O)(=O)c3ccc(F)cc3)C21. The molecule has 1 saturated carbocycles. The van der Waals surface area contributed by atoms with Crippen molar-refractivity contribution < 1.29 is 36.4 Å². The van der Waals surface area contributed by atoms with E-state index in [1.807, 2.05) is 0 Å². The van der Waals surface area contributed by atoms with Crippen LogP contribution in [0.1, 0.15) is 24.3 Å². The highest BCUT2D eigenvalue weighted by Gasteiger charge is 2.48. The first-order valence-corrected chi connectivity index (χ1v) is 10.1. The molecule has 148 valence electrons. The number of carbonyl (C=O) groups is 1. The fourth-order valence-electron chi connectivity index (χ4n) is 3.71. The number of hydrogen-bond donors (Lipinski definition) is 1. The molecule has 0 aromatic heterocycles. The molecule has 0 radical (unpaired) electrons. The second kappa shape index (κ2) is 7.06. The van der Waals surface area contributed by atoms with Crippen molar-refractivity contribution in [1.82, 2.24) is 0 Å². The van der Waals surface area contributed by atoms with Gasteiger partial charge >= 0.3 is 5.97 Å². The Morgan fingerprint density at radius 2 is 1.93 bits per heavy atom. The second-order valence-corrected chi connectivity index (χ2v) is 8.23. The van der Waals surface area contributed by atoms with Gasteiger partial charge < -0.3 is 14.6 Å². The number of ether oxygens (including phenoxy) is 2. The predicted molar refractivity (Wildman–Crippen MR) is 94.4 cm³/mol. The summed E-state index contributed by atoms with van der Waals surface area (Å²) in [6.07, 6.45) is 0.144. The number of para-hydroxylation sites is 1. The first kappa shape index (κ1) is 18.7. The van der Waals surface area contributed by atoms with E-state index >= 15 is 0 Å². The maximum atomic E-state index is 13.1. The zero-order chi connectivity index (χ0) is 19.9. The Balaban J connectivity index is 1.58. The van der Waals surface area contributed by atoms with E-state index in [0.29, 0.717) is 24.3 Å². The third kappa shape index (κ3) is 3.43. The zero-order valence-electron chi connectivity index (χ0n) is 14.6. The molecule has 1 aliphatic heterocycles. The number of aliphatic carboxylic acids is 1. The van der Waals surface area contributed by atoms with Gasteiger partial charge in [-0.15, -0.1) is 0 Å². The van der Waals surface area contributed by atoms with E-state index in [4.69, 9.17) is 18.8 Å². The van der Waals surface area contributed by atoms with Gasteiger partial charge in [0.2, 0.25) is 0 Å². The van der Waals surface area contributed by atoms with Gasteiger partial charge in [0.05, 0.1) is 16.9 Å². The second-order valence-electron chi connectivity index (χ2n) is 6.66. The predicted octanol–water partition coefficient (Wildman–Crippen LogP) is 2.70. The van der Waals surface area contributed by atoms with Gasteiger partial charge in [0, 0.05) is 5.56 Å². The van der Waals surface area contributed by atoms with Gasteiger partial charge in [0.15, 0.2) is 18.1 Å². The van der Waals surface area contributed by atoms with Crippen LogP contribution in [0, 0.1) is 5.82 Å². The molecule has 2 aliphatic rings. The summed E-state index contributed by atoms with van der Waals surface area (Å²) in [6.45, 7) is -0.506. The number of carboxylic acid groups (broad SMARTS) is 1. The molecule has 2 aromatic rings. The lowest BCUT2D eigenvalue weighted by atomic mass is 9.95. The van der Waals surface area contributed by atoms with E-state index in [9.17, 15) is 17.6 Å². The molecule has 28 heavy (non-hydrogen) atoms. The Hall–Kier alpha value is -2.65. The summed E-state index contributed by atoms with van der Waals surface area (Å²) >= 11 is 0. The largest absolute Gasteiger partial charge is 0.485 e. The van der Waals surface area contributed by atoms with Crippen LogP contribution < -0.4 is 9.47 Å². The monoisotopic (exact) mass is 408 g/mol. The molecule has 1 N–H and O–H groups in total. The summed E-state index contributed by atoms with van der Waals surface area (Å²) in [7, 11) is -4.06. The van der Waals surface area contributed by atoms with E-state index in [1.54, 1.807) is 18.2 Å². The summed E-state index contributed by atoms with van der Waals surface area (Å²) in [5.41, 5.74) is 0.727. The number of hydrogen-bond acceptors (Lipinski definition) is 6. The van der Waals surface area contributed by atoms with E-state index in [-0.39, 0.29) is 16.9 Å². The maximum Gasteiger partial charge on any atom is 0.341 e. The quantitative estimate of drug-likeness (QED) is 0.734. The lowest BCUT2D eigenvalue weighted by Gasteiger charge is -2.18. The van der Waals surface area contributed by atoms with Crippen LogP contribution >= 0.6 is 0 Å². The molecule has 1 aliphatic carbocycles. The van der Waals surface area contributed by atoms with Crippen LogP contribution in [0.15, 0.2) is 47.4 Å². The van der Waals surface area contributed by atoms with Gasteiger partial charge in [0.25, 0.3) is 10.1 Å². The third-order valence-corrected chi connectivity index (χ3v) is 6.23. The minimum atomic E-state index is -4.06. The van der Waals surface area contributed by atoms with Gasteiger partial charge in [-0.05, 0) is 43.2 Å². The van der Waals surface area contributed by atoms with Crippen LogP contribution in [0.3, 0.4) is 0 Å². The van der Waals surface area contributed by atoms with Crippen molar-refractivity contribution in [1.29, 1.82) is 0 Å². The Bertz CT molecular complexity index is 1000. The first-order chi connectivity index (χ1) is 13.3. The highest BCUT2D eigenvalue weighted by Crippen LogP contribution is 2.52. The molecule has 2 aromatic carbocycles. The molecule has 7 nitrogen and oxygen atoms in total. The number of halogens is 1. The van der Waals surface area contributed by atoms with Crippen molar-refractivity contribution in [3.8, 4) is 11.5 Å². The Morgan fingerprint density at radius 3 is 2.64 bits per heavy atom. The average Bonchev–Trinajstić information content (AvgIpc) is 3.20. The van der Waals surface area contributed by atoms with E-state index in [2.05, 4.69) is 0 Å². The van der Waals surface area contributed by atoms with Gasteiger partial charge in [-0.25, -0.2) is 9.18 Å². The zero-order valence-corrected chi connectivity index (χ0v) is 15.4. The van der Waals surface area contributed by atoms with Crippen LogP contribution in [0.2, 0.25) is 0 Å². The van der Waals surface area contributed by atoms with Crippen LogP contribution in [-0.2, 0) is 19.1 Å². The van der Waals surface area contributed by atoms with Crippen LogP contribution in [0.25, 0.3) is 0 Å². The molecule has 0 spiro atoms. The van der Waals surface area contributed by atoms with Crippen molar-refractivity contribution in [2.45, 2.75) is 35.9 Å². The lowest BCUT2D eigenvalue weighted by molar-refractivity contribution is -0.139. The van der Waals surface area contributed by atoms with Gasteiger partial charge in [-0.2, -0.15) is 8.42 Å². The third-order valence-electron chi connectivity index (χ3n) is 4.88. The molecule has 1 heterocycles. The molecule has 1 fully saturated rings. The van der Waals surface area contributed by atoms with Crippen molar-refractivity contribution in [3.05, 3.63) is 53.8 Å². The summed E-state index contributed by atoms with van der Waals surface area (Å²) < 4.78 is 54.9. The smallest absolute Gasteiger partial charge is 0.341 e. The Kier molecular flexibility index (Phi) is 4.72. The van der Waals surface area contributed by atoms with Gasteiger partial charge in [-0.3, -0.25) is 4.18 Å². The van der Waals surface area contributed by atoms with Crippen molar-refractivity contribution in [2.24, 2.45) is 0 Å². The fourth-order valence-corrected chi connectivity index (χ4v) is 4.84. The summed E-state index contributed by atoms with van der Waals surface area (Å²) in [5.74, 6) is -1.24. The van der Waals surface area contributed by atoms with Crippen LogP contribution in [-0.4, -0.2) is 38.3 Å². The van der Waals surface area contributed by atoms with Crippen molar-refractivity contribution in [2.75, 3.05) is 6.61 Å². The maximum absolute atomic E-state index is 13.1. The fraction of sp³-hybridized carbons (Fsp3) is 0.316. The minimum absolute atomic E-state index is 0.116. The van der Waals surface area contributed by atoms with E-state index < -0.39 is 34.6 Å². The molecule has 0 bridgehead atoms. The van der Waals surface area contributed by atoms with Crippen LogP contribution in [0.4, 0.5) is 4.39 Å². The number of carboxylic acids is 1. The molecular weight excluding hydrogens is 391 g/mol. The van der Waals surface area contributed by atoms with Crippen molar-refractivity contribution in [3.63, 3.8) is 0 Å². The van der Waals surface area contributed by atoms with E-state index in [1.165, 1.54) is 0 Å². The number of fused-ring (bicyclic) bond motifs is 3. The normalized spacial score (nSPS) is 23.0. The minimum Gasteiger partial charge on any atom is -0.485 e. The molecule has 0 saturated heterocycles. The molecule has 9 heteroatoms. The molecular formula is C19H17FO7S. The number of benzene rings is 2. The van der Waals surface area contributed by atoms with E-state index in [0.717, 1.165) is 29.8 Å². The van der Waals surface area contributed by atoms with Crippen LogP contribution in [0.5, 0.6) is 11.5 Å². The number of rotatable bonds is 6. The Labute approximate surface area is 160 Å². The molecule has 3 unspecified atom stereocenters. The molecule has 4 rings (SSSR count). The topological polar surface area (TPSA) is 99.1 Å². The van der Waals surface area contributed by atoms with Gasteiger partial charge in [0.1, 0.15) is 11.9 Å². The first-order valence-electron chi connectivity index (χ1n) is 8.68. The average molecular weight is 408 g/mol. The summed E-state index contributed by atoms with van der Waals surface area (Å²) in [4.78, 5) is 10.6. The standard InChI is InChI=1S/C19H17FO7S/c20-11-4-6-12(7-5-11)28(23,24)27-15-9-8-14-18(15)13-2-1-3-16(19(13)26-14)25-10-17(21)22/h1-7,14-15,18H,8-10H2,(H,21,22).